The van der Waals surface area contributed by atoms with Crippen LogP contribution in [0.1, 0.15) is 18.0 Å². The van der Waals surface area contributed by atoms with Crippen LogP contribution < -0.4 is 0 Å². The second-order valence-electron chi connectivity index (χ2n) is 3.30. The van der Waals surface area contributed by atoms with E-state index < -0.39 is 12.1 Å². The Morgan fingerprint density at radius 3 is 3.07 bits per heavy atom. The molecule has 4 nitrogen and oxygen atoms in total. The number of carboxylic acid groups (broad SMARTS) is 1. The molecule has 5 heteroatoms. The molecule has 1 fully saturated rings. The number of halogens is 1. The summed E-state index contributed by atoms with van der Waals surface area (Å²) in [7, 11) is 0. The van der Waals surface area contributed by atoms with Crippen molar-refractivity contribution in [1.29, 1.82) is 0 Å². The first-order chi connectivity index (χ1) is 7.18. The fraction of sp³-hybridized carbons (Fsp3) is 0.300. The summed E-state index contributed by atoms with van der Waals surface area (Å²) in [6, 6.07) is 5.50. The number of hydrogen-bond acceptors (Lipinski definition) is 2. The van der Waals surface area contributed by atoms with Gasteiger partial charge in [-0.25, -0.2) is 9.18 Å². The van der Waals surface area contributed by atoms with E-state index in [-0.39, 0.29) is 5.82 Å². The van der Waals surface area contributed by atoms with E-state index in [2.05, 4.69) is 0 Å². The van der Waals surface area contributed by atoms with Crippen LogP contribution in [0.4, 0.5) is 9.18 Å². The van der Waals surface area contributed by atoms with Crippen LogP contribution in [0.5, 0.6) is 0 Å². The molecule has 1 N–H and O–H groups in total. The molecular weight excluding hydrogens is 201 g/mol. The average molecular weight is 211 g/mol. The highest BCUT2D eigenvalue weighted by molar-refractivity contribution is 5.64. The van der Waals surface area contributed by atoms with Crippen molar-refractivity contribution < 1.29 is 19.1 Å². The van der Waals surface area contributed by atoms with Gasteiger partial charge in [0.2, 0.25) is 0 Å². The fourth-order valence-electron chi connectivity index (χ4n) is 1.67. The number of benzene rings is 1. The topological polar surface area (TPSA) is 49.8 Å². The molecule has 1 aromatic rings. The Bertz CT molecular complexity index is 383. The van der Waals surface area contributed by atoms with Crippen LogP contribution in [0.15, 0.2) is 24.3 Å². The van der Waals surface area contributed by atoms with Gasteiger partial charge in [-0.15, -0.1) is 0 Å². The molecule has 80 valence electrons. The average Bonchev–Trinajstić information content (AvgIpc) is 2.65. The van der Waals surface area contributed by atoms with Crippen molar-refractivity contribution >= 4 is 6.09 Å². The van der Waals surface area contributed by atoms with E-state index in [9.17, 15) is 9.18 Å². The van der Waals surface area contributed by atoms with Crippen molar-refractivity contribution in [2.45, 2.75) is 12.5 Å². The van der Waals surface area contributed by atoms with Crippen molar-refractivity contribution in [2.24, 2.45) is 0 Å². The first kappa shape index (κ1) is 9.92. The molecule has 0 aromatic heterocycles. The molecule has 1 aromatic carbocycles. The van der Waals surface area contributed by atoms with Crippen LogP contribution in [-0.2, 0) is 4.84 Å². The summed E-state index contributed by atoms with van der Waals surface area (Å²) in [6.45, 7) is 0.341. The van der Waals surface area contributed by atoms with Gasteiger partial charge in [0.25, 0.3) is 0 Å². The predicted octanol–water partition coefficient (Wildman–Crippen LogP) is 2.18. The van der Waals surface area contributed by atoms with Gasteiger partial charge in [0.05, 0.1) is 12.6 Å². The monoisotopic (exact) mass is 211 g/mol. The van der Waals surface area contributed by atoms with Crippen molar-refractivity contribution in [3.63, 3.8) is 0 Å². The highest BCUT2D eigenvalue weighted by Crippen LogP contribution is 2.30. The number of amides is 1. The van der Waals surface area contributed by atoms with E-state index in [1.807, 2.05) is 0 Å². The van der Waals surface area contributed by atoms with Crippen LogP contribution in [0.25, 0.3) is 0 Å². The lowest BCUT2D eigenvalue weighted by Crippen LogP contribution is -2.27. The van der Waals surface area contributed by atoms with Gasteiger partial charge < -0.3 is 5.11 Å². The molecule has 0 spiro atoms. The first-order valence-electron chi connectivity index (χ1n) is 4.59. The normalized spacial score (nSPS) is 20.6. The molecule has 1 heterocycles. The van der Waals surface area contributed by atoms with Crippen molar-refractivity contribution in [3.8, 4) is 0 Å². The molecule has 1 atom stereocenters. The van der Waals surface area contributed by atoms with Gasteiger partial charge in [0.15, 0.2) is 0 Å². The van der Waals surface area contributed by atoms with Crippen LogP contribution >= 0.6 is 0 Å². The smallest absolute Gasteiger partial charge is 0.432 e. The van der Waals surface area contributed by atoms with Crippen LogP contribution in [-0.4, -0.2) is 22.9 Å². The minimum atomic E-state index is -1.15. The maximum absolute atomic E-state index is 12.9. The Morgan fingerprint density at radius 1 is 1.60 bits per heavy atom. The van der Waals surface area contributed by atoms with E-state index in [1.54, 1.807) is 12.1 Å². The maximum atomic E-state index is 12.9. The SMILES string of the molecule is O=C(O)N1OCCC1c1cccc(F)c1. The molecule has 1 aliphatic heterocycles. The molecule has 1 unspecified atom stereocenters. The zero-order valence-electron chi connectivity index (χ0n) is 7.89. The molecule has 0 radical (unpaired) electrons. The number of nitrogens with zero attached hydrogens (tertiary/aromatic N) is 1. The summed E-state index contributed by atoms with van der Waals surface area (Å²) in [4.78, 5) is 15.7. The highest BCUT2D eigenvalue weighted by Gasteiger charge is 2.31. The molecule has 2 rings (SSSR count). The minimum Gasteiger partial charge on any atom is -0.463 e. The van der Waals surface area contributed by atoms with E-state index >= 15 is 0 Å². The van der Waals surface area contributed by atoms with Crippen molar-refractivity contribution in [2.75, 3.05) is 6.61 Å². The van der Waals surface area contributed by atoms with Gasteiger partial charge in [0.1, 0.15) is 5.82 Å². The number of rotatable bonds is 1. The summed E-state index contributed by atoms with van der Waals surface area (Å²) >= 11 is 0. The van der Waals surface area contributed by atoms with Gasteiger partial charge in [-0.05, 0) is 17.7 Å². The molecule has 15 heavy (non-hydrogen) atoms. The Labute approximate surface area is 85.8 Å². The van der Waals surface area contributed by atoms with Crippen molar-refractivity contribution in [1.82, 2.24) is 5.06 Å². The summed E-state index contributed by atoms with van der Waals surface area (Å²) < 4.78 is 12.9. The van der Waals surface area contributed by atoms with Gasteiger partial charge >= 0.3 is 6.09 Å². The zero-order valence-corrected chi connectivity index (χ0v) is 7.89. The first-order valence-corrected chi connectivity index (χ1v) is 4.59. The van der Waals surface area contributed by atoms with Gasteiger partial charge in [0, 0.05) is 6.42 Å². The molecule has 1 aliphatic rings. The summed E-state index contributed by atoms with van der Waals surface area (Å²) in [6.07, 6.45) is -0.600. The van der Waals surface area contributed by atoms with E-state index in [0.29, 0.717) is 18.6 Å². The minimum absolute atomic E-state index is 0.341. The summed E-state index contributed by atoms with van der Waals surface area (Å²) in [5.41, 5.74) is 0.620. The Hall–Kier alpha value is -1.62. The van der Waals surface area contributed by atoms with Crippen LogP contribution in [0.3, 0.4) is 0 Å². The zero-order chi connectivity index (χ0) is 10.8. The predicted molar refractivity (Wildman–Crippen MR) is 49.6 cm³/mol. The quantitative estimate of drug-likeness (QED) is 0.774. The number of hydrogen-bond donors (Lipinski definition) is 1. The lowest BCUT2D eigenvalue weighted by molar-refractivity contribution is -0.104. The Balaban J connectivity index is 2.26. The van der Waals surface area contributed by atoms with Gasteiger partial charge in [-0.1, -0.05) is 12.1 Å². The molecule has 1 amide bonds. The van der Waals surface area contributed by atoms with Crippen LogP contribution in [0.2, 0.25) is 0 Å². The lowest BCUT2D eigenvalue weighted by atomic mass is 10.0. The van der Waals surface area contributed by atoms with Gasteiger partial charge in [-0.2, -0.15) is 5.06 Å². The number of carbonyl (C=O) groups is 1. The molecule has 0 aliphatic carbocycles. The standard InChI is InChI=1S/C10H10FNO3/c11-8-3-1-2-7(6-8)9-4-5-15-12(9)10(13)14/h1-3,6,9H,4-5H2,(H,13,14). The Kier molecular flexibility index (Phi) is 2.55. The highest BCUT2D eigenvalue weighted by atomic mass is 19.1. The summed E-state index contributed by atoms with van der Waals surface area (Å²) in [5, 5.41) is 9.69. The third kappa shape index (κ3) is 1.92. The third-order valence-electron chi connectivity index (χ3n) is 2.33. The molecule has 0 saturated carbocycles. The van der Waals surface area contributed by atoms with E-state index in [4.69, 9.17) is 9.94 Å². The van der Waals surface area contributed by atoms with Gasteiger partial charge in [-0.3, -0.25) is 4.84 Å². The largest absolute Gasteiger partial charge is 0.463 e. The van der Waals surface area contributed by atoms with E-state index in [0.717, 1.165) is 5.06 Å². The van der Waals surface area contributed by atoms with Crippen LogP contribution in [0, 0.1) is 5.82 Å². The molecule has 1 saturated heterocycles. The molecular formula is C10H10FNO3. The third-order valence-corrected chi connectivity index (χ3v) is 2.33. The lowest BCUT2D eigenvalue weighted by Gasteiger charge is -2.19. The van der Waals surface area contributed by atoms with E-state index in [1.165, 1.54) is 12.1 Å². The fourth-order valence-corrected chi connectivity index (χ4v) is 1.67. The second-order valence-corrected chi connectivity index (χ2v) is 3.30. The Morgan fingerprint density at radius 2 is 2.40 bits per heavy atom. The second kappa shape index (κ2) is 3.86. The molecule has 0 bridgehead atoms. The van der Waals surface area contributed by atoms with Crippen molar-refractivity contribution in [3.05, 3.63) is 35.6 Å². The summed E-state index contributed by atoms with van der Waals surface area (Å²) in [5.74, 6) is -0.371. The number of hydroxylamine groups is 2. The maximum Gasteiger partial charge on any atom is 0.432 e.